The molecule has 9 nitrogen and oxygen atoms in total. The van der Waals surface area contributed by atoms with Crippen molar-refractivity contribution in [3.05, 3.63) is 29.2 Å². The van der Waals surface area contributed by atoms with Crippen LogP contribution in [0.1, 0.15) is 60.6 Å². The van der Waals surface area contributed by atoms with Crippen molar-refractivity contribution in [1.29, 1.82) is 0 Å². The van der Waals surface area contributed by atoms with E-state index >= 15 is 0 Å². The van der Waals surface area contributed by atoms with E-state index in [1.165, 1.54) is 0 Å². The van der Waals surface area contributed by atoms with Gasteiger partial charge < -0.3 is 19.5 Å². The van der Waals surface area contributed by atoms with E-state index in [-0.39, 0.29) is 30.2 Å². The second-order valence-electron chi connectivity index (χ2n) is 6.60. The maximum atomic E-state index is 12.1. The van der Waals surface area contributed by atoms with E-state index in [0.717, 1.165) is 19.4 Å². The highest BCUT2D eigenvalue weighted by Gasteiger charge is 2.20. The Labute approximate surface area is 145 Å². The fourth-order valence-corrected chi connectivity index (χ4v) is 2.71. The maximum absolute atomic E-state index is 12.1. The Morgan fingerprint density at radius 1 is 1.44 bits per heavy atom. The van der Waals surface area contributed by atoms with Crippen molar-refractivity contribution in [2.24, 2.45) is 0 Å². The number of aromatic nitrogens is 3. The number of rotatable bonds is 6. The number of aliphatic hydroxyl groups excluding tert-OH is 1. The smallest absolute Gasteiger partial charge is 0.273 e. The maximum Gasteiger partial charge on any atom is 0.273 e. The molecule has 1 fully saturated rings. The summed E-state index contributed by atoms with van der Waals surface area (Å²) in [6.07, 6.45) is 1.48. The third-order valence-corrected chi connectivity index (χ3v) is 4.04. The van der Waals surface area contributed by atoms with Crippen molar-refractivity contribution in [3.8, 4) is 0 Å². The van der Waals surface area contributed by atoms with Gasteiger partial charge in [0.2, 0.25) is 5.89 Å². The summed E-state index contributed by atoms with van der Waals surface area (Å²) >= 11 is 0. The van der Waals surface area contributed by atoms with Crippen LogP contribution in [0.15, 0.2) is 15.1 Å². The molecule has 136 valence electrons. The zero-order valence-electron chi connectivity index (χ0n) is 14.4. The lowest BCUT2D eigenvalue weighted by Gasteiger charge is -2.28. The number of carbonyl (C=O) groups is 1. The molecule has 2 aromatic rings. The van der Waals surface area contributed by atoms with Crippen LogP contribution in [0, 0.1) is 0 Å². The molecule has 1 saturated heterocycles. The Morgan fingerprint density at radius 3 is 3.00 bits per heavy atom. The molecule has 3 rings (SSSR count). The molecule has 1 aliphatic heterocycles. The van der Waals surface area contributed by atoms with E-state index in [0.29, 0.717) is 30.6 Å². The Bertz CT molecular complexity index is 711. The number of nitrogens with one attached hydrogen (secondary N) is 1. The van der Waals surface area contributed by atoms with Crippen LogP contribution in [0.5, 0.6) is 0 Å². The van der Waals surface area contributed by atoms with Gasteiger partial charge >= 0.3 is 0 Å². The van der Waals surface area contributed by atoms with Crippen LogP contribution in [0.2, 0.25) is 0 Å². The van der Waals surface area contributed by atoms with Gasteiger partial charge in [-0.25, -0.2) is 0 Å². The van der Waals surface area contributed by atoms with Crippen LogP contribution in [-0.2, 0) is 13.1 Å². The van der Waals surface area contributed by atoms with Crippen molar-refractivity contribution in [1.82, 2.24) is 25.5 Å². The molecule has 0 aromatic carbocycles. The topological polar surface area (TPSA) is 118 Å². The van der Waals surface area contributed by atoms with Crippen LogP contribution in [-0.4, -0.2) is 50.4 Å². The van der Waals surface area contributed by atoms with Gasteiger partial charge in [0, 0.05) is 18.5 Å². The molecule has 0 radical (unpaired) electrons. The van der Waals surface area contributed by atoms with Gasteiger partial charge in [-0.3, -0.25) is 9.69 Å². The van der Waals surface area contributed by atoms with Crippen molar-refractivity contribution < 1.29 is 18.9 Å². The number of likely N-dealkylation sites (tertiary alicyclic amines) is 1. The highest BCUT2D eigenvalue weighted by atomic mass is 16.5. The molecule has 1 aliphatic rings. The fraction of sp³-hybridized carbons (Fsp3) is 0.625. The summed E-state index contributed by atoms with van der Waals surface area (Å²) < 4.78 is 10.3. The number of β-amino-alcohol motifs (C(OH)–C–C–N with tert-alkyl or cyclic N) is 1. The lowest BCUT2D eigenvalue weighted by molar-refractivity contribution is 0.0622. The predicted molar refractivity (Wildman–Crippen MR) is 86.6 cm³/mol. The van der Waals surface area contributed by atoms with E-state index in [1.807, 2.05) is 13.8 Å². The molecule has 3 heterocycles. The highest BCUT2D eigenvalue weighted by molar-refractivity contribution is 5.92. The summed E-state index contributed by atoms with van der Waals surface area (Å²) in [6, 6.07) is 1.62. The molecule has 9 heteroatoms. The van der Waals surface area contributed by atoms with E-state index in [9.17, 15) is 9.90 Å². The summed E-state index contributed by atoms with van der Waals surface area (Å²) in [7, 11) is 0. The Morgan fingerprint density at radius 2 is 2.28 bits per heavy atom. The normalized spacial score (nSPS) is 18.6. The Hall–Kier alpha value is -2.26. The number of aliphatic hydroxyl groups is 1. The molecular formula is C16H23N5O4. The summed E-state index contributed by atoms with van der Waals surface area (Å²) in [5, 5.41) is 20.0. The van der Waals surface area contributed by atoms with E-state index < -0.39 is 0 Å². The van der Waals surface area contributed by atoms with Crippen molar-refractivity contribution in [2.75, 3.05) is 13.1 Å². The quantitative estimate of drug-likeness (QED) is 0.795. The number of nitrogens with zero attached hydrogens (tertiary/aromatic N) is 4. The lowest BCUT2D eigenvalue weighted by atomic mass is 10.1. The standard InChI is InChI=1S/C16H23N5O4/c1-10(2)16-18-14(20-25-16)7-17-15(23)13-6-12(24-19-13)9-21-5-3-4-11(22)8-21/h6,10-11,22H,3-5,7-9H2,1-2H3,(H,17,23)/t11-/m0/s1. The van der Waals surface area contributed by atoms with Gasteiger partial charge in [0.15, 0.2) is 17.3 Å². The first-order valence-electron chi connectivity index (χ1n) is 8.48. The molecule has 25 heavy (non-hydrogen) atoms. The highest BCUT2D eigenvalue weighted by Crippen LogP contribution is 2.14. The largest absolute Gasteiger partial charge is 0.392 e. The average Bonchev–Trinajstić information content (AvgIpc) is 3.22. The number of carbonyl (C=O) groups excluding carboxylic acids is 1. The second-order valence-corrected chi connectivity index (χ2v) is 6.60. The number of hydrogen-bond acceptors (Lipinski definition) is 8. The number of piperidine rings is 1. The fourth-order valence-electron chi connectivity index (χ4n) is 2.71. The molecule has 0 spiro atoms. The summed E-state index contributed by atoms with van der Waals surface area (Å²) in [6.45, 7) is 6.10. The summed E-state index contributed by atoms with van der Waals surface area (Å²) in [5.41, 5.74) is 0.208. The molecule has 0 aliphatic carbocycles. The molecule has 2 aromatic heterocycles. The van der Waals surface area contributed by atoms with E-state index in [1.54, 1.807) is 6.07 Å². The second kappa shape index (κ2) is 7.75. The van der Waals surface area contributed by atoms with Crippen LogP contribution >= 0.6 is 0 Å². The molecule has 1 amide bonds. The van der Waals surface area contributed by atoms with E-state index in [2.05, 4.69) is 25.5 Å². The minimum Gasteiger partial charge on any atom is -0.392 e. The van der Waals surface area contributed by atoms with Gasteiger partial charge in [-0.15, -0.1) is 0 Å². The molecule has 0 saturated carbocycles. The SMILES string of the molecule is CC(C)c1nc(CNC(=O)c2cc(CN3CCC[C@H](O)C3)on2)no1. The Balaban J connectivity index is 1.51. The van der Waals surface area contributed by atoms with Gasteiger partial charge in [0.05, 0.1) is 19.2 Å². The zero-order chi connectivity index (χ0) is 17.8. The Kier molecular flexibility index (Phi) is 5.44. The minimum atomic E-state index is -0.357. The first-order valence-corrected chi connectivity index (χ1v) is 8.48. The van der Waals surface area contributed by atoms with Gasteiger partial charge in [0.1, 0.15) is 0 Å². The van der Waals surface area contributed by atoms with Crippen molar-refractivity contribution >= 4 is 5.91 Å². The third kappa shape index (κ3) is 4.64. The summed E-state index contributed by atoms with van der Waals surface area (Å²) in [4.78, 5) is 18.4. The molecule has 2 N–H and O–H groups in total. The van der Waals surface area contributed by atoms with E-state index in [4.69, 9.17) is 9.05 Å². The van der Waals surface area contributed by atoms with Crippen LogP contribution in [0.25, 0.3) is 0 Å². The van der Waals surface area contributed by atoms with Gasteiger partial charge in [-0.2, -0.15) is 4.98 Å². The van der Waals surface area contributed by atoms with Crippen molar-refractivity contribution in [2.45, 2.75) is 51.8 Å². The van der Waals surface area contributed by atoms with Crippen LogP contribution in [0.3, 0.4) is 0 Å². The number of amides is 1. The lowest BCUT2D eigenvalue weighted by Crippen LogP contribution is -2.37. The van der Waals surface area contributed by atoms with Gasteiger partial charge in [-0.1, -0.05) is 24.2 Å². The first-order chi connectivity index (χ1) is 12.0. The minimum absolute atomic E-state index is 0.142. The van der Waals surface area contributed by atoms with Crippen molar-refractivity contribution in [3.63, 3.8) is 0 Å². The third-order valence-electron chi connectivity index (χ3n) is 4.04. The van der Waals surface area contributed by atoms with Crippen LogP contribution < -0.4 is 5.32 Å². The van der Waals surface area contributed by atoms with Crippen LogP contribution in [0.4, 0.5) is 0 Å². The van der Waals surface area contributed by atoms with Gasteiger partial charge in [-0.05, 0) is 19.4 Å². The molecule has 0 bridgehead atoms. The summed E-state index contributed by atoms with van der Waals surface area (Å²) in [5.74, 6) is 1.34. The first kappa shape index (κ1) is 17.6. The molecular weight excluding hydrogens is 326 g/mol. The molecule has 0 unspecified atom stereocenters. The average molecular weight is 349 g/mol. The predicted octanol–water partition coefficient (Wildman–Crippen LogP) is 1.07. The zero-order valence-corrected chi connectivity index (χ0v) is 14.4. The number of hydrogen-bond donors (Lipinski definition) is 2. The van der Waals surface area contributed by atoms with Gasteiger partial charge in [0.25, 0.3) is 5.91 Å². The molecule has 1 atom stereocenters. The monoisotopic (exact) mass is 349 g/mol.